The number of aromatic nitrogens is 3. The number of fused-ring (bicyclic) bond motifs is 1. The predicted octanol–water partition coefficient (Wildman–Crippen LogP) is 5.22. The van der Waals surface area contributed by atoms with Gasteiger partial charge in [-0.1, -0.05) is 29.4 Å². The Hall–Kier alpha value is -4.18. The zero-order chi connectivity index (χ0) is 27.0. The second-order valence-electron chi connectivity index (χ2n) is 9.10. The lowest BCUT2D eigenvalue weighted by Gasteiger charge is -2.08. The molecule has 194 valence electrons. The molecule has 3 aromatic heterocycles. The van der Waals surface area contributed by atoms with Crippen LogP contribution in [0.2, 0.25) is 0 Å². The van der Waals surface area contributed by atoms with Crippen LogP contribution in [0.25, 0.3) is 22.0 Å². The molecule has 0 amide bonds. The first-order chi connectivity index (χ1) is 18.1. The summed E-state index contributed by atoms with van der Waals surface area (Å²) < 4.78 is 62.6. The van der Waals surface area contributed by atoms with Gasteiger partial charge in [0, 0.05) is 42.7 Å². The molecule has 0 aliphatic heterocycles. The molecule has 38 heavy (non-hydrogen) atoms. The highest BCUT2D eigenvalue weighted by Gasteiger charge is 2.27. The number of sulfone groups is 1. The molecule has 0 bridgehead atoms. The Kier molecular flexibility index (Phi) is 6.66. The van der Waals surface area contributed by atoms with Gasteiger partial charge in [0.15, 0.2) is 15.6 Å². The van der Waals surface area contributed by atoms with Crippen molar-refractivity contribution in [2.75, 3.05) is 5.75 Å². The summed E-state index contributed by atoms with van der Waals surface area (Å²) in [4.78, 5) is 16.3. The van der Waals surface area contributed by atoms with Crippen LogP contribution in [0, 0.1) is 25.5 Å². The third-order valence-corrected chi connectivity index (χ3v) is 7.94. The summed E-state index contributed by atoms with van der Waals surface area (Å²) in [5.74, 6) is -2.62. The molecule has 7 nitrogen and oxygen atoms in total. The second-order valence-corrected chi connectivity index (χ2v) is 11.1. The molecule has 0 saturated heterocycles. The van der Waals surface area contributed by atoms with Crippen molar-refractivity contribution in [3.63, 3.8) is 0 Å². The summed E-state index contributed by atoms with van der Waals surface area (Å²) in [5.41, 5.74) is 3.68. The quantitative estimate of drug-likeness (QED) is 0.270. The van der Waals surface area contributed by atoms with E-state index in [9.17, 15) is 22.0 Å². The van der Waals surface area contributed by atoms with Gasteiger partial charge in [-0.15, -0.1) is 0 Å². The van der Waals surface area contributed by atoms with Crippen molar-refractivity contribution in [1.29, 1.82) is 0 Å². The maximum Gasteiger partial charge on any atom is 0.187 e. The Morgan fingerprint density at radius 2 is 1.87 bits per heavy atom. The SMILES string of the molecule is Cc1noc(C)c1-c1cccc(Cn2cc(S(=O)(=O)CC(=O)Cc3ccccn3)c3c(F)cc(F)cc32)c1. The molecule has 0 aliphatic carbocycles. The van der Waals surface area contributed by atoms with Gasteiger partial charge in [-0.05, 0) is 49.2 Å². The molecule has 0 unspecified atom stereocenters. The number of Topliss-reactive ketones (excluding diaryl/α,β-unsaturated/α-hetero) is 1. The Balaban J connectivity index is 1.52. The summed E-state index contributed by atoms with van der Waals surface area (Å²) in [6.45, 7) is 3.77. The Morgan fingerprint density at radius 3 is 2.58 bits per heavy atom. The van der Waals surface area contributed by atoms with Gasteiger partial charge in [-0.2, -0.15) is 0 Å². The van der Waals surface area contributed by atoms with E-state index in [-0.39, 0.29) is 28.8 Å². The molecule has 0 aliphatic rings. The predicted molar refractivity (Wildman–Crippen MR) is 137 cm³/mol. The topological polar surface area (TPSA) is 95.1 Å². The van der Waals surface area contributed by atoms with Crippen LogP contribution < -0.4 is 0 Å². The van der Waals surface area contributed by atoms with E-state index in [4.69, 9.17) is 4.52 Å². The van der Waals surface area contributed by atoms with Crippen molar-refractivity contribution in [2.45, 2.75) is 31.7 Å². The zero-order valence-corrected chi connectivity index (χ0v) is 21.4. The number of carbonyl (C=O) groups excluding carboxylic acids is 1. The van der Waals surface area contributed by atoms with Gasteiger partial charge in [0.25, 0.3) is 0 Å². The van der Waals surface area contributed by atoms with Gasteiger partial charge in [0.2, 0.25) is 0 Å². The normalized spacial score (nSPS) is 11.8. The largest absolute Gasteiger partial charge is 0.361 e. The van der Waals surface area contributed by atoms with Crippen LogP contribution in [0.4, 0.5) is 8.78 Å². The van der Waals surface area contributed by atoms with Crippen molar-refractivity contribution < 1.29 is 26.5 Å². The lowest BCUT2D eigenvalue weighted by atomic mass is 10.0. The monoisotopic (exact) mass is 535 g/mol. The van der Waals surface area contributed by atoms with E-state index in [0.717, 1.165) is 28.5 Å². The van der Waals surface area contributed by atoms with Gasteiger partial charge in [-0.25, -0.2) is 17.2 Å². The average Bonchev–Trinajstić information content (AvgIpc) is 3.39. The number of carbonyl (C=O) groups is 1. The fraction of sp³-hybridized carbons (Fsp3) is 0.179. The summed E-state index contributed by atoms with van der Waals surface area (Å²) >= 11 is 0. The molecule has 0 saturated carbocycles. The molecule has 5 aromatic rings. The molecule has 0 spiro atoms. The van der Waals surface area contributed by atoms with Crippen LogP contribution in [0.3, 0.4) is 0 Å². The second kappa shape index (κ2) is 9.94. The molecule has 5 rings (SSSR count). The van der Waals surface area contributed by atoms with Crippen molar-refractivity contribution in [1.82, 2.24) is 14.7 Å². The number of halogens is 2. The van der Waals surface area contributed by atoms with Gasteiger partial charge in [0.1, 0.15) is 23.1 Å². The standard InChI is InChI=1S/C28H23F2N3O4S/c1-17-27(18(2)37-32-17)20-7-5-6-19(10-20)14-33-15-26(28-24(30)11-21(29)12-25(28)33)38(35,36)16-23(34)13-22-8-3-4-9-31-22/h3-12,15H,13-14,16H2,1-2H3. The molecule has 0 atom stereocenters. The maximum atomic E-state index is 15.0. The maximum absolute atomic E-state index is 15.0. The molecular weight excluding hydrogens is 512 g/mol. The highest BCUT2D eigenvalue weighted by Crippen LogP contribution is 2.32. The van der Waals surface area contributed by atoms with Gasteiger partial charge in [-0.3, -0.25) is 9.78 Å². The highest BCUT2D eigenvalue weighted by molar-refractivity contribution is 7.92. The first-order valence-corrected chi connectivity index (χ1v) is 13.4. The van der Waals surface area contributed by atoms with Crippen LogP contribution in [0.1, 0.15) is 22.7 Å². The Labute approximate surface area is 217 Å². The van der Waals surface area contributed by atoms with Crippen LogP contribution in [0.15, 0.2) is 76.4 Å². The number of hydrogen-bond acceptors (Lipinski definition) is 6. The van der Waals surface area contributed by atoms with Gasteiger partial charge < -0.3 is 9.09 Å². The van der Waals surface area contributed by atoms with E-state index in [1.165, 1.54) is 17.0 Å². The molecule has 0 radical (unpaired) electrons. The van der Waals surface area contributed by atoms with Crippen LogP contribution >= 0.6 is 0 Å². The fourth-order valence-corrected chi connectivity index (χ4v) is 6.12. The first-order valence-electron chi connectivity index (χ1n) is 11.8. The number of pyridine rings is 1. The van der Waals surface area contributed by atoms with E-state index >= 15 is 0 Å². The number of rotatable bonds is 8. The van der Waals surface area contributed by atoms with Crippen molar-refractivity contribution in [2.24, 2.45) is 0 Å². The van der Waals surface area contributed by atoms with Crippen molar-refractivity contribution in [3.05, 3.63) is 101 Å². The first kappa shape index (κ1) is 25.5. The van der Waals surface area contributed by atoms with E-state index in [1.807, 2.05) is 31.2 Å². The minimum atomic E-state index is -4.25. The summed E-state index contributed by atoms with van der Waals surface area (Å²) in [6.07, 6.45) is 2.60. The Morgan fingerprint density at radius 1 is 1.05 bits per heavy atom. The van der Waals surface area contributed by atoms with E-state index in [0.29, 0.717) is 17.5 Å². The van der Waals surface area contributed by atoms with E-state index in [1.54, 1.807) is 25.1 Å². The van der Waals surface area contributed by atoms with E-state index < -0.39 is 33.0 Å². The number of benzene rings is 2. The van der Waals surface area contributed by atoms with Crippen molar-refractivity contribution in [3.8, 4) is 11.1 Å². The molecular formula is C28H23F2N3O4S. The van der Waals surface area contributed by atoms with E-state index in [2.05, 4.69) is 10.1 Å². The smallest absolute Gasteiger partial charge is 0.187 e. The van der Waals surface area contributed by atoms with Gasteiger partial charge >= 0.3 is 0 Å². The third-order valence-electron chi connectivity index (χ3n) is 6.26. The molecule has 2 aromatic carbocycles. The van der Waals surface area contributed by atoms with Crippen LogP contribution in [-0.4, -0.2) is 34.7 Å². The minimum Gasteiger partial charge on any atom is -0.361 e. The third kappa shape index (κ3) is 4.99. The zero-order valence-electron chi connectivity index (χ0n) is 20.6. The molecule has 0 N–H and O–H groups in total. The number of hydrogen-bond donors (Lipinski definition) is 0. The molecule has 3 heterocycles. The van der Waals surface area contributed by atoms with Gasteiger partial charge in [0.05, 0.1) is 21.5 Å². The summed E-state index contributed by atoms with van der Waals surface area (Å²) in [6, 6.07) is 14.2. The van der Waals surface area contributed by atoms with Crippen LogP contribution in [0.5, 0.6) is 0 Å². The molecule has 0 fully saturated rings. The number of nitrogens with zero attached hydrogens (tertiary/aromatic N) is 3. The lowest BCUT2D eigenvalue weighted by Crippen LogP contribution is -2.18. The summed E-state index contributed by atoms with van der Waals surface area (Å²) in [7, 11) is -4.25. The number of ketones is 1. The fourth-order valence-electron chi connectivity index (χ4n) is 4.64. The lowest BCUT2D eigenvalue weighted by molar-refractivity contribution is -0.116. The average molecular weight is 536 g/mol. The minimum absolute atomic E-state index is 0.0704. The summed E-state index contributed by atoms with van der Waals surface area (Å²) in [5, 5.41) is 3.73. The highest BCUT2D eigenvalue weighted by atomic mass is 32.2. The van der Waals surface area contributed by atoms with Crippen molar-refractivity contribution >= 4 is 26.5 Å². The Bertz CT molecular complexity index is 1760. The van der Waals surface area contributed by atoms with Crippen LogP contribution in [-0.2, 0) is 27.6 Å². The molecule has 10 heteroatoms. The number of aryl methyl sites for hydroxylation is 2.